The van der Waals surface area contributed by atoms with Crippen LogP contribution in [-0.2, 0) is 37.3 Å². The summed E-state index contributed by atoms with van der Waals surface area (Å²) in [5, 5.41) is 12.4. The van der Waals surface area contributed by atoms with Crippen molar-refractivity contribution in [3.8, 4) is 0 Å². The lowest BCUT2D eigenvalue weighted by molar-refractivity contribution is -0.151. The number of nitrogens with one attached hydrogen (secondary N) is 4. The molecule has 364 valence electrons. The van der Waals surface area contributed by atoms with E-state index in [-0.39, 0.29) is 77.2 Å². The number of piperidine rings is 1. The molecule has 1 spiro atoms. The number of anilines is 2. The molecule has 3 saturated heterocycles. The number of imide groups is 1. The smallest absolute Gasteiger partial charge is 0.384 e. The Hall–Kier alpha value is -5.00. The lowest BCUT2D eigenvalue weighted by Crippen LogP contribution is -2.63. The standard InChI is InChI=1S/C49H55ClF4N8O5.ClH/c1-45(2,3)23-36-48(26-56-33-22-35(49(52,53)54)55-24-31(33)48)38(30-5-4-6-32(50)39(30)51)40(57-36)42(65)59-47-14-11-46(12-15-47,13-16-47)44(67)61-19-17-60(18-20-61)28-7-8-29-27(21-28)25-62(43(29)66)34-9-10-37(63)58-41(34)64;/h4-8,21-22,24,34,36,38,40,56-57H,9-20,23,25-26H2,1-3H3,(H,59,65)(H,58,63,64);1H/t34?,36-,38-,40+,46?,47?,48-;/m0./s1. The van der Waals surface area contributed by atoms with Crippen LogP contribution in [0, 0.1) is 16.6 Å². The molecular weight excluding hydrogens is 927 g/mol. The predicted molar refractivity (Wildman–Crippen MR) is 248 cm³/mol. The number of amides is 5. The molecule has 5 atom stereocenters. The molecule has 68 heavy (non-hydrogen) atoms. The van der Waals surface area contributed by atoms with E-state index < -0.39 is 64.0 Å². The molecule has 2 bridgehead atoms. The predicted octanol–water partition coefficient (Wildman–Crippen LogP) is 6.86. The molecule has 5 amide bonds. The second-order valence-electron chi connectivity index (χ2n) is 21.2. The second kappa shape index (κ2) is 17.1. The molecule has 3 aliphatic carbocycles. The molecule has 19 heteroatoms. The number of benzene rings is 2. The van der Waals surface area contributed by atoms with E-state index in [1.165, 1.54) is 17.2 Å². The van der Waals surface area contributed by atoms with Crippen LogP contribution in [0.3, 0.4) is 0 Å². The molecule has 2 aromatic carbocycles. The molecule has 3 aromatic rings. The average Bonchev–Trinajstić information content (AvgIpc) is 3.94. The molecule has 0 radical (unpaired) electrons. The number of halogens is 6. The van der Waals surface area contributed by atoms with Crippen LogP contribution in [0.4, 0.5) is 28.9 Å². The molecule has 1 aromatic heterocycles. The van der Waals surface area contributed by atoms with E-state index in [1.807, 2.05) is 17.0 Å². The van der Waals surface area contributed by atoms with E-state index in [1.54, 1.807) is 18.2 Å². The molecule has 4 N–H and O–H groups in total. The Bertz CT molecular complexity index is 2560. The molecule has 6 heterocycles. The first-order valence-corrected chi connectivity index (χ1v) is 23.7. The number of rotatable bonds is 7. The molecule has 11 rings (SSSR count). The normalized spacial score (nSPS) is 29.9. The van der Waals surface area contributed by atoms with Crippen molar-refractivity contribution in [1.29, 1.82) is 0 Å². The molecule has 1 unspecified atom stereocenters. The van der Waals surface area contributed by atoms with Gasteiger partial charge in [0.05, 0.1) is 11.1 Å². The van der Waals surface area contributed by atoms with Gasteiger partial charge in [-0.3, -0.25) is 34.3 Å². The third-order valence-corrected chi connectivity index (χ3v) is 16.4. The first kappa shape index (κ1) is 48.0. The van der Waals surface area contributed by atoms with Gasteiger partial charge in [0.1, 0.15) is 17.6 Å². The zero-order valence-electron chi connectivity index (χ0n) is 38.2. The summed E-state index contributed by atoms with van der Waals surface area (Å²) in [6, 6.07) is 9.21. The van der Waals surface area contributed by atoms with Crippen LogP contribution in [0.5, 0.6) is 0 Å². The maximum absolute atomic E-state index is 16.4. The van der Waals surface area contributed by atoms with E-state index in [0.29, 0.717) is 88.7 Å². The van der Waals surface area contributed by atoms with Crippen LogP contribution in [0.1, 0.15) is 117 Å². The number of alkyl halides is 3. The summed E-state index contributed by atoms with van der Waals surface area (Å²) < 4.78 is 58.1. The SMILES string of the molecule is CC(C)(C)C[C@@H]1N[C@@H](C(=O)NC23CCC(C(=O)N4CCN(c5ccc6c(c5)CN(C5CCC(=O)NC5=O)C6=O)CC4)(CC2)CC3)[C@H](c2cccc(Cl)c2F)[C@]12CNc1cc(C(F)(F)F)ncc12.Cl. The monoisotopic (exact) mass is 982 g/mol. The minimum absolute atomic E-state index is 0. The Morgan fingerprint density at radius 2 is 1.66 bits per heavy atom. The van der Waals surface area contributed by atoms with Crippen molar-refractivity contribution >= 4 is 64.9 Å². The molecule has 6 fully saturated rings. The number of fused-ring (bicyclic) bond motifs is 6. The minimum atomic E-state index is -4.68. The lowest BCUT2D eigenvalue weighted by Gasteiger charge is -2.54. The van der Waals surface area contributed by atoms with Crippen LogP contribution < -0.4 is 26.2 Å². The Morgan fingerprint density at radius 1 is 0.956 bits per heavy atom. The fourth-order valence-corrected chi connectivity index (χ4v) is 12.8. The van der Waals surface area contributed by atoms with E-state index in [2.05, 4.69) is 51.9 Å². The molecule has 5 aliphatic heterocycles. The summed E-state index contributed by atoms with van der Waals surface area (Å²) in [6.07, 6.45) is 1.10. The van der Waals surface area contributed by atoms with Gasteiger partial charge in [0.25, 0.3) is 5.91 Å². The lowest BCUT2D eigenvalue weighted by atomic mass is 9.56. The van der Waals surface area contributed by atoms with Crippen molar-refractivity contribution in [2.45, 2.75) is 126 Å². The van der Waals surface area contributed by atoms with Gasteiger partial charge in [-0.15, -0.1) is 12.4 Å². The zero-order chi connectivity index (χ0) is 47.4. The summed E-state index contributed by atoms with van der Waals surface area (Å²) in [5.74, 6) is -2.76. The van der Waals surface area contributed by atoms with E-state index >= 15 is 4.39 Å². The van der Waals surface area contributed by atoms with E-state index in [9.17, 15) is 37.1 Å². The summed E-state index contributed by atoms with van der Waals surface area (Å²) in [4.78, 5) is 76.5. The second-order valence-corrected chi connectivity index (χ2v) is 21.6. The van der Waals surface area contributed by atoms with Crippen LogP contribution in [-0.4, -0.2) is 101 Å². The zero-order valence-corrected chi connectivity index (χ0v) is 39.7. The number of hydrogen-bond donors (Lipinski definition) is 4. The number of carbonyl (C=O) groups excluding carboxylic acids is 5. The third kappa shape index (κ3) is 8.07. The van der Waals surface area contributed by atoms with Gasteiger partial charge in [-0.1, -0.05) is 44.5 Å². The van der Waals surface area contributed by atoms with Crippen LogP contribution >= 0.6 is 24.0 Å². The Morgan fingerprint density at radius 3 is 2.32 bits per heavy atom. The van der Waals surface area contributed by atoms with E-state index in [4.69, 9.17) is 11.6 Å². The highest BCUT2D eigenvalue weighted by Gasteiger charge is 2.63. The Balaban J connectivity index is 0.00000578. The minimum Gasteiger partial charge on any atom is -0.384 e. The fraction of sp³-hybridized carbons (Fsp3) is 0.551. The van der Waals surface area contributed by atoms with Crippen molar-refractivity contribution in [3.05, 3.63) is 87.4 Å². The average molecular weight is 984 g/mol. The van der Waals surface area contributed by atoms with Crippen molar-refractivity contribution in [2.75, 3.05) is 42.9 Å². The van der Waals surface area contributed by atoms with Gasteiger partial charge in [0.15, 0.2) is 0 Å². The van der Waals surface area contributed by atoms with Crippen LogP contribution in [0.2, 0.25) is 5.02 Å². The number of piperazine rings is 1. The number of nitrogens with zero attached hydrogens (tertiary/aromatic N) is 4. The Labute approximate surface area is 403 Å². The highest BCUT2D eigenvalue weighted by Crippen LogP contribution is 2.58. The summed E-state index contributed by atoms with van der Waals surface area (Å²) in [5.41, 5.74) is -0.318. The van der Waals surface area contributed by atoms with E-state index in [0.717, 1.165) is 17.3 Å². The first-order chi connectivity index (χ1) is 31.7. The van der Waals surface area contributed by atoms with Crippen LogP contribution in [0.25, 0.3) is 0 Å². The number of carbonyl (C=O) groups is 5. The molecule has 3 saturated carbocycles. The van der Waals surface area contributed by atoms with Gasteiger partial charge in [-0.2, -0.15) is 13.2 Å². The summed E-state index contributed by atoms with van der Waals surface area (Å²) in [7, 11) is 0. The Kier molecular flexibility index (Phi) is 12.1. The van der Waals surface area contributed by atoms with Gasteiger partial charge < -0.3 is 30.7 Å². The van der Waals surface area contributed by atoms with Gasteiger partial charge in [0, 0.05) is 103 Å². The number of hydrogen-bond acceptors (Lipinski definition) is 9. The number of pyridine rings is 1. The van der Waals surface area contributed by atoms with Gasteiger partial charge >= 0.3 is 6.18 Å². The van der Waals surface area contributed by atoms with Gasteiger partial charge in [0.2, 0.25) is 23.6 Å². The summed E-state index contributed by atoms with van der Waals surface area (Å²) >= 11 is 6.41. The number of aromatic nitrogens is 1. The van der Waals surface area contributed by atoms with Gasteiger partial charge in [-0.25, -0.2) is 4.39 Å². The summed E-state index contributed by atoms with van der Waals surface area (Å²) in [6.45, 7) is 8.84. The topological polar surface area (TPSA) is 156 Å². The highest BCUT2D eigenvalue weighted by molar-refractivity contribution is 6.30. The maximum Gasteiger partial charge on any atom is 0.433 e. The largest absolute Gasteiger partial charge is 0.433 e. The van der Waals surface area contributed by atoms with Crippen molar-refractivity contribution in [3.63, 3.8) is 0 Å². The van der Waals surface area contributed by atoms with Crippen molar-refractivity contribution in [2.24, 2.45) is 10.8 Å². The molecule has 13 nitrogen and oxygen atoms in total. The molecule has 8 aliphatic rings. The van der Waals surface area contributed by atoms with Crippen molar-refractivity contribution < 1.29 is 41.5 Å². The fourth-order valence-electron chi connectivity index (χ4n) is 12.6. The third-order valence-electron chi connectivity index (χ3n) is 16.1. The highest BCUT2D eigenvalue weighted by atomic mass is 35.5. The maximum atomic E-state index is 16.4. The van der Waals surface area contributed by atoms with Gasteiger partial charge in [-0.05, 0) is 98.2 Å². The van der Waals surface area contributed by atoms with Crippen LogP contribution in [0.15, 0.2) is 48.7 Å². The molecular formula is C49H56Cl2F4N8O5. The quantitative estimate of drug-likeness (QED) is 0.147. The van der Waals surface area contributed by atoms with Crippen molar-refractivity contribution in [1.82, 2.24) is 30.7 Å². The first-order valence-electron chi connectivity index (χ1n) is 23.4.